The van der Waals surface area contributed by atoms with Crippen LogP contribution in [-0.4, -0.2) is 47.2 Å². The Morgan fingerprint density at radius 2 is 2.00 bits per heavy atom. The van der Waals surface area contributed by atoms with Crippen LogP contribution in [0.2, 0.25) is 0 Å². The summed E-state index contributed by atoms with van der Waals surface area (Å²) in [7, 11) is 0. The Kier molecular flexibility index (Phi) is 5.24. The molecular weight excluding hydrogens is 428 g/mol. The predicted molar refractivity (Wildman–Crippen MR) is 119 cm³/mol. The second-order valence-corrected chi connectivity index (χ2v) is 8.86. The molecule has 1 unspecified atom stereocenters. The van der Waals surface area contributed by atoms with Crippen LogP contribution in [0.3, 0.4) is 0 Å². The van der Waals surface area contributed by atoms with Gasteiger partial charge in [0.15, 0.2) is 0 Å². The quantitative estimate of drug-likeness (QED) is 0.591. The van der Waals surface area contributed by atoms with Gasteiger partial charge in [-0.15, -0.1) is 0 Å². The van der Waals surface area contributed by atoms with Gasteiger partial charge in [0.25, 0.3) is 0 Å². The van der Waals surface area contributed by atoms with Gasteiger partial charge in [-0.25, -0.2) is 9.97 Å². The lowest BCUT2D eigenvalue weighted by Gasteiger charge is -2.34. The lowest BCUT2D eigenvalue weighted by molar-refractivity contribution is 0.0340. The SMILES string of the molecule is Nc1ccc2c(c1)CCN(C1CCOCC1)CC2c1ncc2cccc(Br)c2n1. The van der Waals surface area contributed by atoms with E-state index in [2.05, 4.69) is 39.0 Å². The molecule has 3 aromatic rings. The Hall–Kier alpha value is -2.02. The first-order chi connectivity index (χ1) is 14.2. The van der Waals surface area contributed by atoms with E-state index >= 15 is 0 Å². The minimum Gasteiger partial charge on any atom is -0.399 e. The van der Waals surface area contributed by atoms with E-state index in [0.717, 1.165) is 72.5 Å². The molecule has 0 amide bonds. The third-order valence-electron chi connectivity index (χ3n) is 6.23. The Morgan fingerprint density at radius 1 is 1.14 bits per heavy atom. The van der Waals surface area contributed by atoms with Crippen LogP contribution in [0.4, 0.5) is 5.69 Å². The summed E-state index contributed by atoms with van der Waals surface area (Å²) in [6.07, 6.45) is 5.14. The molecule has 1 aromatic heterocycles. The van der Waals surface area contributed by atoms with Gasteiger partial charge >= 0.3 is 0 Å². The number of halogens is 1. The zero-order valence-electron chi connectivity index (χ0n) is 16.4. The predicted octanol–water partition coefficient (Wildman–Crippen LogP) is 4.14. The molecule has 0 saturated carbocycles. The minimum absolute atomic E-state index is 0.132. The van der Waals surface area contributed by atoms with Crippen molar-refractivity contribution in [2.45, 2.75) is 31.2 Å². The summed E-state index contributed by atoms with van der Waals surface area (Å²) in [4.78, 5) is 12.4. The molecule has 1 saturated heterocycles. The van der Waals surface area contributed by atoms with Crippen LogP contribution in [0.25, 0.3) is 10.9 Å². The molecule has 1 fully saturated rings. The summed E-state index contributed by atoms with van der Waals surface area (Å²) < 4.78 is 6.60. The van der Waals surface area contributed by atoms with Crippen molar-refractivity contribution in [1.82, 2.24) is 14.9 Å². The highest BCUT2D eigenvalue weighted by Crippen LogP contribution is 2.34. The maximum Gasteiger partial charge on any atom is 0.137 e. The van der Waals surface area contributed by atoms with Crippen molar-refractivity contribution in [3.05, 3.63) is 64.0 Å². The highest BCUT2D eigenvalue weighted by atomic mass is 79.9. The van der Waals surface area contributed by atoms with Gasteiger partial charge in [0.2, 0.25) is 0 Å². The fourth-order valence-electron chi connectivity index (χ4n) is 4.67. The van der Waals surface area contributed by atoms with Crippen molar-refractivity contribution < 1.29 is 4.74 Å². The fraction of sp³-hybridized carbons (Fsp3) is 0.391. The molecule has 0 aliphatic carbocycles. The van der Waals surface area contributed by atoms with Crippen molar-refractivity contribution >= 4 is 32.5 Å². The van der Waals surface area contributed by atoms with Crippen LogP contribution < -0.4 is 5.73 Å². The standard InChI is InChI=1S/C23H25BrN4O/c24-21-3-1-2-16-13-26-23(27-22(16)21)20-14-28(18-7-10-29-11-8-18)9-6-15-12-17(25)4-5-19(15)20/h1-5,12-13,18,20H,6-11,14,25H2. The first-order valence-electron chi connectivity index (χ1n) is 10.3. The van der Waals surface area contributed by atoms with Crippen molar-refractivity contribution in [1.29, 1.82) is 0 Å². The van der Waals surface area contributed by atoms with E-state index in [-0.39, 0.29) is 5.92 Å². The molecule has 5 nitrogen and oxygen atoms in total. The summed E-state index contributed by atoms with van der Waals surface area (Å²) in [5, 5.41) is 1.05. The van der Waals surface area contributed by atoms with Crippen LogP contribution >= 0.6 is 15.9 Å². The molecule has 2 aromatic carbocycles. The molecule has 0 spiro atoms. The molecule has 0 bridgehead atoms. The Labute approximate surface area is 179 Å². The zero-order chi connectivity index (χ0) is 19.8. The largest absolute Gasteiger partial charge is 0.399 e. The van der Waals surface area contributed by atoms with E-state index in [0.29, 0.717) is 6.04 Å². The summed E-state index contributed by atoms with van der Waals surface area (Å²) in [6.45, 7) is 3.67. The van der Waals surface area contributed by atoms with Crippen LogP contribution in [0.15, 0.2) is 47.1 Å². The molecule has 1 atom stereocenters. The molecular formula is C23H25BrN4O. The monoisotopic (exact) mass is 452 g/mol. The van der Waals surface area contributed by atoms with E-state index in [4.69, 9.17) is 20.4 Å². The topological polar surface area (TPSA) is 64.3 Å². The van der Waals surface area contributed by atoms with E-state index in [1.165, 1.54) is 11.1 Å². The summed E-state index contributed by atoms with van der Waals surface area (Å²) in [6, 6.07) is 13.0. The number of benzene rings is 2. The molecule has 29 heavy (non-hydrogen) atoms. The van der Waals surface area contributed by atoms with Crippen LogP contribution in [0.1, 0.15) is 35.7 Å². The number of aromatic nitrogens is 2. The fourth-order valence-corrected chi connectivity index (χ4v) is 5.14. The Balaban J connectivity index is 1.58. The molecule has 2 aliphatic rings. The van der Waals surface area contributed by atoms with Gasteiger partial charge in [0.05, 0.1) is 11.4 Å². The van der Waals surface area contributed by atoms with Crippen molar-refractivity contribution in [2.24, 2.45) is 0 Å². The highest BCUT2D eigenvalue weighted by Gasteiger charge is 2.31. The number of nitrogens with two attached hydrogens (primary N) is 1. The Morgan fingerprint density at radius 3 is 2.86 bits per heavy atom. The number of hydrogen-bond donors (Lipinski definition) is 1. The van der Waals surface area contributed by atoms with Crippen LogP contribution in [0, 0.1) is 0 Å². The smallest absolute Gasteiger partial charge is 0.137 e. The third-order valence-corrected chi connectivity index (χ3v) is 6.87. The number of nitrogen functional groups attached to an aromatic ring is 1. The van der Waals surface area contributed by atoms with Crippen molar-refractivity contribution in [3.63, 3.8) is 0 Å². The average molecular weight is 453 g/mol. The zero-order valence-corrected chi connectivity index (χ0v) is 17.9. The van der Waals surface area contributed by atoms with E-state index in [1.807, 2.05) is 24.4 Å². The molecule has 0 radical (unpaired) electrons. The average Bonchev–Trinajstić information content (AvgIpc) is 2.94. The van der Waals surface area contributed by atoms with Crippen molar-refractivity contribution in [3.8, 4) is 0 Å². The summed E-state index contributed by atoms with van der Waals surface area (Å²) >= 11 is 3.66. The number of ether oxygens (including phenoxy) is 1. The number of hydrogen-bond acceptors (Lipinski definition) is 5. The van der Waals surface area contributed by atoms with Gasteiger partial charge in [-0.3, -0.25) is 4.90 Å². The Bertz CT molecular complexity index is 1030. The van der Waals surface area contributed by atoms with Gasteiger partial charge in [-0.1, -0.05) is 18.2 Å². The maximum absolute atomic E-state index is 6.12. The lowest BCUT2D eigenvalue weighted by atomic mass is 9.92. The van der Waals surface area contributed by atoms with Gasteiger partial charge in [-0.05, 0) is 64.5 Å². The molecule has 150 valence electrons. The first kappa shape index (κ1) is 19.0. The van der Waals surface area contributed by atoms with Gasteiger partial charge < -0.3 is 10.5 Å². The number of fused-ring (bicyclic) bond motifs is 2. The maximum atomic E-state index is 6.12. The second kappa shape index (κ2) is 8.01. The van der Waals surface area contributed by atoms with Gasteiger partial charge in [-0.2, -0.15) is 0 Å². The van der Waals surface area contributed by atoms with Crippen LogP contribution in [0.5, 0.6) is 0 Å². The molecule has 5 rings (SSSR count). The van der Waals surface area contributed by atoms with Gasteiger partial charge in [0.1, 0.15) is 5.82 Å². The highest BCUT2D eigenvalue weighted by molar-refractivity contribution is 9.10. The first-order valence-corrected chi connectivity index (χ1v) is 11.1. The van der Waals surface area contributed by atoms with Crippen molar-refractivity contribution in [2.75, 3.05) is 32.0 Å². The molecule has 2 aliphatic heterocycles. The van der Waals surface area contributed by atoms with Gasteiger partial charge in [0, 0.05) is 54.1 Å². The van der Waals surface area contributed by atoms with E-state index < -0.39 is 0 Å². The van der Waals surface area contributed by atoms with Crippen LogP contribution in [-0.2, 0) is 11.2 Å². The van der Waals surface area contributed by atoms with E-state index in [9.17, 15) is 0 Å². The second-order valence-electron chi connectivity index (χ2n) is 8.01. The number of para-hydroxylation sites is 1. The number of nitrogens with zero attached hydrogens (tertiary/aromatic N) is 3. The normalized spacial score (nSPS) is 21.1. The summed E-state index contributed by atoms with van der Waals surface area (Å²) in [5.41, 5.74) is 10.5. The lowest BCUT2D eigenvalue weighted by Crippen LogP contribution is -2.42. The number of anilines is 1. The molecule has 6 heteroatoms. The third kappa shape index (κ3) is 3.77. The summed E-state index contributed by atoms with van der Waals surface area (Å²) in [5.74, 6) is 1.02. The van der Waals surface area contributed by atoms with E-state index in [1.54, 1.807) is 0 Å². The molecule has 2 N–H and O–H groups in total. The minimum atomic E-state index is 0.132. The number of rotatable bonds is 2. The molecule has 3 heterocycles.